The molecule has 1 aliphatic carbocycles. The summed E-state index contributed by atoms with van der Waals surface area (Å²) in [6.07, 6.45) is 4.05. The number of hydrogen-bond acceptors (Lipinski definition) is 2. The number of benzene rings is 1. The first kappa shape index (κ1) is 13.7. The Bertz CT molecular complexity index is 445. The molecular formula is C13H15BrClNO2. The SMILES string of the molecule is O=C(NC1CCC(Br)CC1)c1cc(Cl)ccc1O. The Labute approximate surface area is 120 Å². The molecule has 1 aliphatic rings. The highest BCUT2D eigenvalue weighted by Gasteiger charge is 2.22. The third kappa shape index (κ3) is 3.39. The Balaban J connectivity index is 2.01. The fourth-order valence-electron chi connectivity index (χ4n) is 2.15. The molecule has 0 atom stereocenters. The molecule has 2 N–H and O–H groups in total. The first-order valence-corrected chi connectivity index (χ1v) is 7.29. The molecule has 0 aromatic heterocycles. The van der Waals surface area contributed by atoms with Gasteiger partial charge in [-0.2, -0.15) is 0 Å². The van der Waals surface area contributed by atoms with E-state index in [9.17, 15) is 9.90 Å². The van der Waals surface area contributed by atoms with Crippen LogP contribution in [-0.2, 0) is 0 Å². The largest absolute Gasteiger partial charge is 0.507 e. The van der Waals surface area contributed by atoms with Crippen molar-refractivity contribution in [3.8, 4) is 5.75 Å². The van der Waals surface area contributed by atoms with Crippen LogP contribution in [0.1, 0.15) is 36.0 Å². The highest BCUT2D eigenvalue weighted by molar-refractivity contribution is 9.09. The zero-order chi connectivity index (χ0) is 13.1. The zero-order valence-corrected chi connectivity index (χ0v) is 12.2. The molecule has 0 bridgehead atoms. The van der Waals surface area contributed by atoms with E-state index >= 15 is 0 Å². The lowest BCUT2D eigenvalue weighted by Gasteiger charge is -2.26. The van der Waals surface area contributed by atoms with Gasteiger partial charge in [0.05, 0.1) is 5.56 Å². The number of hydrogen-bond donors (Lipinski definition) is 2. The van der Waals surface area contributed by atoms with E-state index in [1.807, 2.05) is 0 Å². The number of aromatic hydroxyl groups is 1. The standard InChI is InChI=1S/C13H15BrClNO2/c14-8-1-4-10(5-2-8)16-13(18)11-7-9(15)3-6-12(11)17/h3,6-8,10,17H,1-2,4-5H2,(H,16,18). The van der Waals surface area contributed by atoms with E-state index in [-0.39, 0.29) is 23.3 Å². The first-order valence-electron chi connectivity index (χ1n) is 5.99. The van der Waals surface area contributed by atoms with E-state index in [1.54, 1.807) is 6.07 Å². The van der Waals surface area contributed by atoms with Gasteiger partial charge in [-0.15, -0.1) is 0 Å². The Morgan fingerprint density at radius 3 is 2.67 bits per heavy atom. The monoisotopic (exact) mass is 331 g/mol. The summed E-state index contributed by atoms with van der Waals surface area (Å²) < 4.78 is 0. The number of rotatable bonds is 2. The van der Waals surface area contributed by atoms with Crippen LogP contribution in [0.5, 0.6) is 5.75 Å². The number of nitrogens with one attached hydrogen (secondary N) is 1. The van der Waals surface area contributed by atoms with Crippen LogP contribution in [0.25, 0.3) is 0 Å². The second kappa shape index (κ2) is 5.93. The smallest absolute Gasteiger partial charge is 0.255 e. The molecule has 18 heavy (non-hydrogen) atoms. The quantitative estimate of drug-likeness (QED) is 0.815. The average molecular weight is 333 g/mol. The number of carbonyl (C=O) groups is 1. The van der Waals surface area contributed by atoms with Crippen LogP contribution < -0.4 is 5.32 Å². The van der Waals surface area contributed by atoms with E-state index in [0.717, 1.165) is 25.7 Å². The van der Waals surface area contributed by atoms with Crippen LogP contribution >= 0.6 is 27.5 Å². The minimum Gasteiger partial charge on any atom is -0.507 e. The van der Waals surface area contributed by atoms with E-state index in [4.69, 9.17) is 11.6 Å². The Kier molecular flexibility index (Phi) is 4.51. The van der Waals surface area contributed by atoms with E-state index in [0.29, 0.717) is 9.85 Å². The molecule has 0 radical (unpaired) electrons. The number of carbonyl (C=O) groups excluding carboxylic acids is 1. The molecule has 2 rings (SSSR count). The van der Waals surface area contributed by atoms with Gasteiger partial charge in [0.2, 0.25) is 0 Å². The van der Waals surface area contributed by atoms with Gasteiger partial charge in [-0.1, -0.05) is 27.5 Å². The molecular weight excluding hydrogens is 318 g/mol. The molecule has 1 saturated carbocycles. The van der Waals surface area contributed by atoms with Gasteiger partial charge in [0.1, 0.15) is 5.75 Å². The molecule has 0 heterocycles. The number of alkyl halides is 1. The summed E-state index contributed by atoms with van der Waals surface area (Å²) in [5.74, 6) is -0.293. The zero-order valence-electron chi connectivity index (χ0n) is 9.83. The summed E-state index contributed by atoms with van der Waals surface area (Å²) in [5, 5.41) is 13.0. The lowest BCUT2D eigenvalue weighted by Crippen LogP contribution is -2.37. The fraction of sp³-hybridized carbons (Fsp3) is 0.462. The maximum atomic E-state index is 12.0. The van der Waals surface area contributed by atoms with Crippen molar-refractivity contribution in [2.75, 3.05) is 0 Å². The molecule has 0 spiro atoms. The lowest BCUT2D eigenvalue weighted by molar-refractivity contribution is 0.0925. The average Bonchev–Trinajstić information content (AvgIpc) is 2.35. The van der Waals surface area contributed by atoms with Gasteiger partial charge in [0, 0.05) is 15.9 Å². The van der Waals surface area contributed by atoms with Crippen LogP contribution in [0.4, 0.5) is 0 Å². The van der Waals surface area contributed by atoms with E-state index < -0.39 is 0 Å². The lowest BCUT2D eigenvalue weighted by atomic mass is 9.95. The van der Waals surface area contributed by atoms with Crippen LogP contribution in [-0.4, -0.2) is 21.9 Å². The number of phenols is 1. The van der Waals surface area contributed by atoms with Crippen molar-refractivity contribution in [1.29, 1.82) is 0 Å². The second-order valence-corrected chi connectivity index (χ2v) is 6.32. The van der Waals surface area contributed by atoms with Crippen LogP contribution in [0, 0.1) is 0 Å². The third-order valence-electron chi connectivity index (χ3n) is 3.20. The van der Waals surface area contributed by atoms with Gasteiger partial charge in [-0.3, -0.25) is 4.79 Å². The van der Waals surface area contributed by atoms with Gasteiger partial charge in [0.25, 0.3) is 5.91 Å². The maximum Gasteiger partial charge on any atom is 0.255 e. The predicted octanol–water partition coefficient (Wildman–Crippen LogP) is 3.48. The van der Waals surface area contributed by atoms with Gasteiger partial charge >= 0.3 is 0 Å². The summed E-state index contributed by atoms with van der Waals surface area (Å²) in [7, 11) is 0. The highest BCUT2D eigenvalue weighted by atomic mass is 79.9. The molecule has 0 aliphatic heterocycles. The predicted molar refractivity (Wildman–Crippen MR) is 75.6 cm³/mol. The summed E-state index contributed by atoms with van der Waals surface area (Å²) in [6.45, 7) is 0. The summed E-state index contributed by atoms with van der Waals surface area (Å²) in [6, 6.07) is 4.67. The van der Waals surface area contributed by atoms with Crippen LogP contribution in [0.15, 0.2) is 18.2 Å². The van der Waals surface area contributed by atoms with Crippen LogP contribution in [0.3, 0.4) is 0 Å². The molecule has 1 aromatic carbocycles. The van der Waals surface area contributed by atoms with Crippen molar-refractivity contribution in [2.24, 2.45) is 0 Å². The van der Waals surface area contributed by atoms with Gasteiger partial charge in [0.15, 0.2) is 0 Å². The fourth-order valence-corrected chi connectivity index (χ4v) is 2.85. The van der Waals surface area contributed by atoms with Crippen molar-refractivity contribution in [3.63, 3.8) is 0 Å². The van der Waals surface area contributed by atoms with Gasteiger partial charge in [-0.05, 0) is 43.9 Å². The Morgan fingerprint density at radius 2 is 2.00 bits per heavy atom. The number of phenolic OH excluding ortho intramolecular Hbond substituents is 1. The Morgan fingerprint density at radius 1 is 1.33 bits per heavy atom. The van der Waals surface area contributed by atoms with Crippen molar-refractivity contribution < 1.29 is 9.90 Å². The summed E-state index contributed by atoms with van der Waals surface area (Å²) in [5.41, 5.74) is 0.239. The van der Waals surface area contributed by atoms with Crippen molar-refractivity contribution in [1.82, 2.24) is 5.32 Å². The number of halogens is 2. The van der Waals surface area contributed by atoms with Crippen LogP contribution in [0.2, 0.25) is 5.02 Å². The molecule has 1 aromatic rings. The van der Waals surface area contributed by atoms with E-state index in [1.165, 1.54) is 12.1 Å². The highest BCUT2D eigenvalue weighted by Crippen LogP contribution is 2.26. The minimum atomic E-state index is -0.256. The molecule has 0 saturated heterocycles. The first-order chi connectivity index (χ1) is 8.56. The van der Waals surface area contributed by atoms with Gasteiger partial charge in [-0.25, -0.2) is 0 Å². The maximum absolute atomic E-state index is 12.0. The van der Waals surface area contributed by atoms with Crippen molar-refractivity contribution in [3.05, 3.63) is 28.8 Å². The molecule has 98 valence electrons. The summed E-state index contributed by atoms with van der Waals surface area (Å²) in [4.78, 5) is 12.6. The third-order valence-corrected chi connectivity index (χ3v) is 4.35. The van der Waals surface area contributed by atoms with Crippen molar-refractivity contribution >= 4 is 33.4 Å². The molecule has 1 fully saturated rings. The van der Waals surface area contributed by atoms with Gasteiger partial charge < -0.3 is 10.4 Å². The second-order valence-electron chi connectivity index (χ2n) is 4.58. The molecule has 3 nitrogen and oxygen atoms in total. The summed E-state index contributed by atoms with van der Waals surface area (Å²) >= 11 is 9.40. The number of amides is 1. The topological polar surface area (TPSA) is 49.3 Å². The molecule has 1 amide bonds. The van der Waals surface area contributed by atoms with E-state index in [2.05, 4.69) is 21.2 Å². The Hall–Kier alpha value is -0.740. The van der Waals surface area contributed by atoms with Crippen molar-refractivity contribution in [2.45, 2.75) is 36.6 Å². The minimum absolute atomic E-state index is 0.0360. The molecule has 5 heteroatoms. The molecule has 0 unspecified atom stereocenters. The normalized spacial score (nSPS) is 23.7.